The van der Waals surface area contributed by atoms with Gasteiger partial charge in [-0.2, -0.15) is 0 Å². The van der Waals surface area contributed by atoms with Gasteiger partial charge in [0.05, 0.1) is 23.4 Å². The van der Waals surface area contributed by atoms with Crippen molar-refractivity contribution in [1.82, 2.24) is 19.5 Å². The van der Waals surface area contributed by atoms with Gasteiger partial charge in [-0.3, -0.25) is 14.3 Å². The monoisotopic (exact) mass is 348 g/mol. The standard InChI is InChI=1S/C18H16N6O2/c1-12(2)21-16-9-19-10-17(23-16)24-11-20-14-6-5-13(8-15(14)24)22-18(26)4-3-7-25/h5-6,8-11,25H,1,7H2,2H3,(H,21,23)(H,22,26). The maximum Gasteiger partial charge on any atom is 0.300 e. The van der Waals surface area contributed by atoms with E-state index in [0.717, 1.165) is 16.7 Å². The van der Waals surface area contributed by atoms with E-state index in [-0.39, 0.29) is 6.61 Å². The van der Waals surface area contributed by atoms with Gasteiger partial charge in [-0.25, -0.2) is 9.97 Å². The number of fused-ring (bicyclic) bond motifs is 1. The van der Waals surface area contributed by atoms with Crippen molar-refractivity contribution < 1.29 is 9.90 Å². The molecule has 0 radical (unpaired) electrons. The van der Waals surface area contributed by atoms with Crippen LogP contribution in [0.2, 0.25) is 0 Å². The van der Waals surface area contributed by atoms with Crippen molar-refractivity contribution in [2.45, 2.75) is 6.92 Å². The zero-order valence-electron chi connectivity index (χ0n) is 14.0. The SMILES string of the molecule is C=C(C)Nc1cncc(-n2cnc3ccc(NC(=O)C#CCO)cc32)n1. The minimum Gasteiger partial charge on any atom is -0.384 e. The highest BCUT2D eigenvalue weighted by atomic mass is 16.2. The van der Waals surface area contributed by atoms with Gasteiger partial charge in [0.15, 0.2) is 11.6 Å². The van der Waals surface area contributed by atoms with Gasteiger partial charge in [0.1, 0.15) is 12.9 Å². The van der Waals surface area contributed by atoms with Gasteiger partial charge in [-0.1, -0.05) is 12.5 Å². The largest absolute Gasteiger partial charge is 0.384 e. The second kappa shape index (κ2) is 7.46. The summed E-state index contributed by atoms with van der Waals surface area (Å²) in [6, 6.07) is 5.27. The first-order valence-electron chi connectivity index (χ1n) is 7.69. The number of carbonyl (C=O) groups excluding carboxylic acids is 1. The molecule has 0 saturated carbocycles. The van der Waals surface area contributed by atoms with E-state index in [2.05, 4.69) is 44.0 Å². The summed E-state index contributed by atoms with van der Waals surface area (Å²) in [6.07, 6.45) is 4.85. The number of amides is 1. The quantitative estimate of drug-likeness (QED) is 0.620. The molecule has 3 rings (SSSR count). The van der Waals surface area contributed by atoms with E-state index in [4.69, 9.17) is 5.11 Å². The number of aromatic nitrogens is 4. The molecule has 1 amide bonds. The third-order valence-electron chi connectivity index (χ3n) is 3.30. The molecule has 0 bridgehead atoms. The van der Waals surface area contributed by atoms with Crippen LogP contribution in [-0.4, -0.2) is 37.1 Å². The maximum absolute atomic E-state index is 11.7. The Hall–Kier alpha value is -3.70. The molecule has 1 aromatic carbocycles. The van der Waals surface area contributed by atoms with E-state index in [0.29, 0.717) is 17.3 Å². The van der Waals surface area contributed by atoms with Crippen LogP contribution in [0, 0.1) is 11.8 Å². The summed E-state index contributed by atoms with van der Waals surface area (Å²) < 4.78 is 1.76. The molecule has 0 saturated heterocycles. The number of hydrogen-bond donors (Lipinski definition) is 3. The summed E-state index contributed by atoms with van der Waals surface area (Å²) >= 11 is 0. The fraction of sp³-hybridized carbons (Fsp3) is 0.111. The van der Waals surface area contributed by atoms with Gasteiger partial charge >= 0.3 is 0 Å². The number of hydrogen-bond acceptors (Lipinski definition) is 6. The predicted molar refractivity (Wildman–Crippen MR) is 98.6 cm³/mol. The summed E-state index contributed by atoms with van der Waals surface area (Å²) in [5.41, 5.74) is 2.80. The van der Waals surface area contributed by atoms with Crippen LogP contribution >= 0.6 is 0 Å². The van der Waals surface area contributed by atoms with Crippen molar-refractivity contribution in [1.29, 1.82) is 0 Å². The van der Waals surface area contributed by atoms with Gasteiger partial charge in [0, 0.05) is 11.4 Å². The first kappa shape index (κ1) is 17.1. The summed E-state index contributed by atoms with van der Waals surface area (Å²) in [7, 11) is 0. The molecule has 8 heteroatoms. The van der Waals surface area contributed by atoms with Gasteiger partial charge in [-0.05, 0) is 31.0 Å². The van der Waals surface area contributed by atoms with Crippen LogP contribution in [0.5, 0.6) is 0 Å². The van der Waals surface area contributed by atoms with E-state index in [9.17, 15) is 4.79 Å². The highest BCUT2D eigenvalue weighted by Crippen LogP contribution is 2.21. The molecule has 8 nitrogen and oxygen atoms in total. The van der Waals surface area contributed by atoms with Crippen LogP contribution in [0.25, 0.3) is 16.9 Å². The molecule has 0 spiro atoms. The zero-order chi connectivity index (χ0) is 18.5. The number of imidazole rings is 1. The number of anilines is 2. The number of rotatable bonds is 4. The lowest BCUT2D eigenvalue weighted by atomic mass is 10.2. The number of benzene rings is 1. The van der Waals surface area contributed by atoms with E-state index in [1.807, 2.05) is 6.92 Å². The number of aliphatic hydroxyl groups is 1. The average Bonchev–Trinajstić information content (AvgIpc) is 3.03. The van der Waals surface area contributed by atoms with Crippen molar-refractivity contribution in [2.75, 3.05) is 17.2 Å². The first-order chi connectivity index (χ1) is 12.6. The van der Waals surface area contributed by atoms with E-state index in [1.165, 1.54) is 0 Å². The van der Waals surface area contributed by atoms with E-state index in [1.54, 1.807) is 41.5 Å². The van der Waals surface area contributed by atoms with Crippen molar-refractivity contribution in [2.24, 2.45) is 0 Å². The normalized spacial score (nSPS) is 10.1. The molecular weight excluding hydrogens is 332 g/mol. The lowest BCUT2D eigenvalue weighted by Gasteiger charge is -2.08. The predicted octanol–water partition coefficient (Wildman–Crippen LogP) is 1.70. The molecule has 26 heavy (non-hydrogen) atoms. The highest BCUT2D eigenvalue weighted by molar-refractivity contribution is 6.04. The van der Waals surface area contributed by atoms with Crippen molar-refractivity contribution in [3.63, 3.8) is 0 Å². The number of nitrogens with one attached hydrogen (secondary N) is 2. The van der Waals surface area contributed by atoms with Crippen LogP contribution in [-0.2, 0) is 4.79 Å². The van der Waals surface area contributed by atoms with Crippen LogP contribution in [0.15, 0.2) is 49.2 Å². The Morgan fingerprint density at radius 3 is 2.96 bits per heavy atom. The molecule has 0 aliphatic carbocycles. The van der Waals surface area contributed by atoms with Gasteiger partial charge in [-0.15, -0.1) is 0 Å². The molecule has 2 aromatic heterocycles. The molecule has 0 fully saturated rings. The van der Waals surface area contributed by atoms with Crippen molar-refractivity contribution in [3.8, 4) is 17.7 Å². The summed E-state index contributed by atoms with van der Waals surface area (Å²) in [6.45, 7) is 5.25. The lowest BCUT2D eigenvalue weighted by Crippen LogP contribution is -2.08. The molecule has 0 aliphatic rings. The Morgan fingerprint density at radius 1 is 1.35 bits per heavy atom. The fourth-order valence-electron chi connectivity index (χ4n) is 2.30. The zero-order valence-corrected chi connectivity index (χ0v) is 14.0. The first-order valence-corrected chi connectivity index (χ1v) is 7.69. The Kier molecular flexibility index (Phi) is 4.92. The van der Waals surface area contributed by atoms with Crippen LogP contribution in [0.3, 0.4) is 0 Å². The van der Waals surface area contributed by atoms with Crippen molar-refractivity contribution >= 4 is 28.4 Å². The minimum atomic E-state index is -0.503. The van der Waals surface area contributed by atoms with E-state index >= 15 is 0 Å². The maximum atomic E-state index is 11.7. The Balaban J connectivity index is 1.96. The number of nitrogens with zero attached hydrogens (tertiary/aromatic N) is 4. The van der Waals surface area contributed by atoms with Gasteiger partial charge < -0.3 is 15.7 Å². The molecule has 0 aliphatic heterocycles. The topological polar surface area (TPSA) is 105 Å². The van der Waals surface area contributed by atoms with Crippen LogP contribution in [0.1, 0.15) is 6.92 Å². The number of allylic oxidation sites excluding steroid dienone is 1. The second-order valence-corrected chi connectivity index (χ2v) is 5.40. The highest BCUT2D eigenvalue weighted by Gasteiger charge is 2.09. The number of aliphatic hydroxyl groups excluding tert-OH is 1. The Labute approximate surface area is 149 Å². The second-order valence-electron chi connectivity index (χ2n) is 5.40. The fourth-order valence-corrected chi connectivity index (χ4v) is 2.30. The molecule has 0 unspecified atom stereocenters. The summed E-state index contributed by atoms with van der Waals surface area (Å²) in [5, 5.41) is 14.3. The minimum absolute atomic E-state index is 0.369. The molecule has 0 atom stereocenters. The Morgan fingerprint density at radius 2 is 2.19 bits per heavy atom. The Bertz CT molecular complexity index is 1040. The van der Waals surface area contributed by atoms with Gasteiger partial charge in [0.2, 0.25) is 0 Å². The molecule has 2 heterocycles. The average molecular weight is 348 g/mol. The van der Waals surface area contributed by atoms with Crippen LogP contribution < -0.4 is 10.6 Å². The summed E-state index contributed by atoms with van der Waals surface area (Å²) in [5.74, 6) is 5.23. The molecule has 3 N–H and O–H groups in total. The molecular formula is C18H16N6O2. The number of carbonyl (C=O) groups is 1. The van der Waals surface area contributed by atoms with Gasteiger partial charge in [0.25, 0.3) is 5.91 Å². The van der Waals surface area contributed by atoms with E-state index < -0.39 is 5.91 Å². The summed E-state index contributed by atoms with van der Waals surface area (Å²) in [4.78, 5) is 24.7. The van der Waals surface area contributed by atoms with Crippen molar-refractivity contribution in [3.05, 3.63) is 49.2 Å². The third-order valence-corrected chi connectivity index (χ3v) is 3.30. The smallest absolute Gasteiger partial charge is 0.300 e. The molecule has 130 valence electrons. The lowest BCUT2D eigenvalue weighted by molar-refractivity contribution is -0.111. The van der Waals surface area contributed by atoms with Crippen LogP contribution in [0.4, 0.5) is 11.5 Å². The third kappa shape index (κ3) is 3.85. The molecule has 3 aromatic rings.